The highest BCUT2D eigenvalue weighted by Crippen LogP contribution is 2.50. The molecule has 0 saturated heterocycles. The minimum Gasteiger partial charge on any atom is -0.454 e. The van der Waals surface area contributed by atoms with Gasteiger partial charge in [0.1, 0.15) is 0 Å². The molecular weight excluding hydrogens is 252 g/mol. The second-order valence-corrected chi connectivity index (χ2v) is 5.83. The molecule has 1 heterocycles. The molecule has 1 aromatic rings. The summed E-state index contributed by atoms with van der Waals surface area (Å²) in [6.07, 6.45) is 9.74. The molecule has 4 atom stereocenters. The van der Waals surface area contributed by atoms with Crippen molar-refractivity contribution < 1.29 is 14.6 Å². The fourth-order valence-corrected chi connectivity index (χ4v) is 3.81. The number of fused-ring (bicyclic) bond motifs is 2. The quantitative estimate of drug-likeness (QED) is 0.917. The molecule has 1 fully saturated rings. The van der Waals surface area contributed by atoms with Crippen LogP contribution in [0.3, 0.4) is 0 Å². The summed E-state index contributed by atoms with van der Waals surface area (Å²) in [6, 6.07) is 6.17. The molecule has 1 aromatic carbocycles. The standard InChI is InChI=1S/C17H18O3/c18-9-15-13-4-2-1-3-12(13)14(15)7-11-5-6-16-17(8-11)20-10-19-16/h1-6,8,12-15,18H,7,9-10H2. The molecular formula is C17H18O3. The van der Waals surface area contributed by atoms with Crippen LogP contribution in [-0.4, -0.2) is 18.5 Å². The number of aliphatic hydroxyl groups is 1. The summed E-state index contributed by atoms with van der Waals surface area (Å²) < 4.78 is 10.8. The summed E-state index contributed by atoms with van der Waals surface area (Å²) in [5, 5.41) is 9.63. The first-order chi connectivity index (χ1) is 9.86. The smallest absolute Gasteiger partial charge is 0.231 e. The summed E-state index contributed by atoms with van der Waals surface area (Å²) in [4.78, 5) is 0. The van der Waals surface area contributed by atoms with Crippen molar-refractivity contribution in [1.82, 2.24) is 0 Å². The summed E-state index contributed by atoms with van der Waals surface area (Å²) in [5.41, 5.74) is 1.26. The van der Waals surface area contributed by atoms with Crippen LogP contribution in [0.2, 0.25) is 0 Å². The first-order valence-electron chi connectivity index (χ1n) is 7.21. The van der Waals surface area contributed by atoms with Gasteiger partial charge in [-0.3, -0.25) is 0 Å². The van der Waals surface area contributed by atoms with Crippen LogP contribution >= 0.6 is 0 Å². The van der Waals surface area contributed by atoms with Crippen molar-refractivity contribution in [1.29, 1.82) is 0 Å². The summed E-state index contributed by atoms with van der Waals surface area (Å²) in [6.45, 7) is 0.592. The van der Waals surface area contributed by atoms with Gasteiger partial charge < -0.3 is 14.6 Å². The van der Waals surface area contributed by atoms with Crippen molar-refractivity contribution in [2.45, 2.75) is 6.42 Å². The third-order valence-electron chi connectivity index (χ3n) is 4.88. The molecule has 0 aromatic heterocycles. The van der Waals surface area contributed by atoms with Crippen molar-refractivity contribution in [3.8, 4) is 11.5 Å². The van der Waals surface area contributed by atoms with Crippen LogP contribution in [0.5, 0.6) is 11.5 Å². The lowest BCUT2D eigenvalue weighted by Crippen LogP contribution is -2.48. The maximum absolute atomic E-state index is 9.63. The van der Waals surface area contributed by atoms with Crippen molar-refractivity contribution in [2.75, 3.05) is 13.4 Å². The van der Waals surface area contributed by atoms with Gasteiger partial charge >= 0.3 is 0 Å². The van der Waals surface area contributed by atoms with Gasteiger partial charge in [-0.2, -0.15) is 0 Å². The number of aliphatic hydroxyl groups excluding tert-OH is 1. The van der Waals surface area contributed by atoms with Crippen LogP contribution in [0.4, 0.5) is 0 Å². The van der Waals surface area contributed by atoms with Crippen LogP contribution in [-0.2, 0) is 6.42 Å². The molecule has 1 aliphatic heterocycles. The molecule has 0 radical (unpaired) electrons. The van der Waals surface area contributed by atoms with E-state index in [2.05, 4.69) is 36.4 Å². The molecule has 1 saturated carbocycles. The Balaban J connectivity index is 1.54. The molecule has 3 nitrogen and oxygen atoms in total. The Labute approximate surface area is 118 Å². The lowest BCUT2D eigenvalue weighted by molar-refractivity contribution is -0.00277. The number of hydrogen-bond donors (Lipinski definition) is 1. The van der Waals surface area contributed by atoms with Crippen LogP contribution in [0.1, 0.15) is 5.56 Å². The predicted octanol–water partition coefficient (Wildman–Crippen LogP) is 2.55. The maximum Gasteiger partial charge on any atom is 0.231 e. The molecule has 2 aliphatic carbocycles. The molecule has 3 aliphatic rings. The Morgan fingerprint density at radius 3 is 2.55 bits per heavy atom. The molecule has 4 unspecified atom stereocenters. The monoisotopic (exact) mass is 270 g/mol. The first kappa shape index (κ1) is 12.0. The van der Waals surface area contributed by atoms with Gasteiger partial charge in [0, 0.05) is 6.61 Å². The lowest BCUT2D eigenvalue weighted by atomic mass is 9.54. The van der Waals surface area contributed by atoms with E-state index < -0.39 is 0 Å². The molecule has 3 heteroatoms. The first-order valence-corrected chi connectivity index (χ1v) is 7.21. The number of allylic oxidation sites excluding steroid dienone is 4. The van der Waals surface area contributed by atoms with E-state index >= 15 is 0 Å². The van der Waals surface area contributed by atoms with Gasteiger partial charge in [-0.05, 0) is 47.8 Å². The molecule has 20 heavy (non-hydrogen) atoms. The normalized spacial score (nSPS) is 32.9. The van der Waals surface area contributed by atoms with E-state index in [-0.39, 0.29) is 6.61 Å². The van der Waals surface area contributed by atoms with E-state index in [4.69, 9.17) is 9.47 Å². The third kappa shape index (κ3) is 1.77. The molecule has 104 valence electrons. The van der Waals surface area contributed by atoms with Gasteiger partial charge in [0.15, 0.2) is 11.5 Å². The van der Waals surface area contributed by atoms with E-state index in [9.17, 15) is 5.11 Å². The van der Waals surface area contributed by atoms with Crippen molar-refractivity contribution in [2.24, 2.45) is 23.7 Å². The minimum absolute atomic E-state index is 0.272. The number of hydrogen-bond acceptors (Lipinski definition) is 3. The lowest BCUT2D eigenvalue weighted by Gasteiger charge is -2.50. The summed E-state index contributed by atoms with van der Waals surface area (Å²) >= 11 is 0. The van der Waals surface area contributed by atoms with E-state index in [0.717, 1.165) is 17.9 Å². The maximum atomic E-state index is 9.63. The van der Waals surface area contributed by atoms with Gasteiger partial charge in [0.2, 0.25) is 6.79 Å². The minimum atomic E-state index is 0.272. The fourth-order valence-electron chi connectivity index (χ4n) is 3.81. The highest BCUT2D eigenvalue weighted by molar-refractivity contribution is 5.44. The zero-order valence-corrected chi connectivity index (χ0v) is 11.2. The van der Waals surface area contributed by atoms with Crippen LogP contribution in [0.25, 0.3) is 0 Å². The highest BCUT2D eigenvalue weighted by Gasteiger charge is 2.47. The van der Waals surface area contributed by atoms with Gasteiger partial charge in [-0.15, -0.1) is 0 Å². The third-order valence-corrected chi connectivity index (χ3v) is 4.88. The fraction of sp³-hybridized carbons (Fsp3) is 0.412. The second kappa shape index (κ2) is 4.67. The zero-order valence-electron chi connectivity index (χ0n) is 11.2. The van der Waals surface area contributed by atoms with Gasteiger partial charge in [0.25, 0.3) is 0 Å². The Morgan fingerprint density at radius 1 is 1.00 bits per heavy atom. The Kier molecular flexibility index (Phi) is 2.81. The molecule has 0 spiro atoms. The Morgan fingerprint density at radius 2 is 1.75 bits per heavy atom. The second-order valence-electron chi connectivity index (χ2n) is 5.83. The summed E-state index contributed by atoms with van der Waals surface area (Å²) in [5.74, 6) is 3.67. The van der Waals surface area contributed by atoms with Crippen molar-refractivity contribution in [3.05, 3.63) is 48.1 Å². The van der Waals surface area contributed by atoms with Gasteiger partial charge in [-0.25, -0.2) is 0 Å². The Hall–Kier alpha value is -1.74. The molecule has 0 bridgehead atoms. The molecule has 4 rings (SSSR count). The topological polar surface area (TPSA) is 38.7 Å². The number of rotatable bonds is 3. The van der Waals surface area contributed by atoms with E-state index in [1.165, 1.54) is 5.56 Å². The number of benzene rings is 1. The average molecular weight is 270 g/mol. The van der Waals surface area contributed by atoms with Crippen LogP contribution in [0, 0.1) is 23.7 Å². The molecule has 0 amide bonds. The van der Waals surface area contributed by atoms with E-state index in [1.807, 2.05) is 6.07 Å². The predicted molar refractivity (Wildman–Crippen MR) is 75.6 cm³/mol. The van der Waals surface area contributed by atoms with Crippen molar-refractivity contribution in [3.63, 3.8) is 0 Å². The van der Waals surface area contributed by atoms with Crippen molar-refractivity contribution >= 4 is 0 Å². The zero-order chi connectivity index (χ0) is 13.5. The average Bonchev–Trinajstić information content (AvgIpc) is 2.93. The highest BCUT2D eigenvalue weighted by atomic mass is 16.7. The SMILES string of the molecule is OCC1C2C=CC=CC2C1Cc1ccc2c(c1)OCO2. The van der Waals surface area contributed by atoms with Crippen LogP contribution < -0.4 is 9.47 Å². The van der Waals surface area contributed by atoms with E-state index in [1.54, 1.807) is 0 Å². The molecule has 1 N–H and O–H groups in total. The van der Waals surface area contributed by atoms with Crippen LogP contribution in [0.15, 0.2) is 42.5 Å². The largest absolute Gasteiger partial charge is 0.454 e. The Bertz CT molecular complexity index is 576. The van der Waals surface area contributed by atoms with E-state index in [0.29, 0.717) is 30.5 Å². The van der Waals surface area contributed by atoms with Gasteiger partial charge in [-0.1, -0.05) is 30.4 Å². The number of ether oxygens (including phenoxy) is 2. The van der Waals surface area contributed by atoms with Gasteiger partial charge in [0.05, 0.1) is 0 Å². The summed E-state index contributed by atoms with van der Waals surface area (Å²) in [7, 11) is 0.